The number of hydrogen-bond acceptors (Lipinski definition) is 24. The van der Waals surface area contributed by atoms with E-state index < -0.39 is 46.5 Å². The first-order valence-corrected chi connectivity index (χ1v) is 45.2. The van der Waals surface area contributed by atoms with E-state index in [0.717, 1.165) is 92.7 Å². The Bertz CT molecular complexity index is 5560. The zero-order valence-corrected chi connectivity index (χ0v) is 70.8. The summed E-state index contributed by atoms with van der Waals surface area (Å²) in [5.41, 5.74) is 8.78. The predicted octanol–water partition coefficient (Wildman–Crippen LogP) is 24.5. The monoisotopic (exact) mass is 1720 g/mol. The van der Waals surface area contributed by atoms with Crippen LogP contribution in [-0.2, 0) is 0 Å². The number of halogens is 8. The number of anilines is 8. The lowest BCUT2D eigenvalue weighted by molar-refractivity contribution is 0.176. The topological polar surface area (TPSA) is 164 Å². The minimum absolute atomic E-state index is 0.172. The molecule has 0 saturated carbocycles. The van der Waals surface area contributed by atoms with Gasteiger partial charge in [-0.15, -0.1) is 90.7 Å². The molecule has 4 aliphatic rings. The molecule has 0 radical (unpaired) electrons. The Hall–Kier alpha value is -8.64. The fourth-order valence-electron chi connectivity index (χ4n) is 16.5. The highest BCUT2D eigenvalue weighted by molar-refractivity contribution is 7.20. The van der Waals surface area contributed by atoms with Crippen LogP contribution in [0.3, 0.4) is 0 Å². The highest BCUT2D eigenvalue weighted by atomic mass is 32.1. The highest BCUT2D eigenvalue weighted by Gasteiger charge is 2.34. The number of pyridine rings is 4. The fraction of sp³-hybridized carbons (Fsp3) is 0.333. The number of aromatic nitrogens is 8. The Kier molecular flexibility index (Phi) is 23.1. The third kappa shape index (κ3) is 15.6. The van der Waals surface area contributed by atoms with E-state index in [2.05, 4.69) is 161 Å². The normalized spacial score (nSPS) is 20.6. The number of thiazole rings is 4. The Morgan fingerprint density at radius 2 is 0.526 bits per heavy atom. The molecule has 600 valence electrons. The van der Waals surface area contributed by atoms with Gasteiger partial charge in [-0.2, -0.15) is 0 Å². The minimum atomic E-state index is -0.663. The molecule has 4 N–H and O–H groups in total. The van der Waals surface area contributed by atoms with Crippen molar-refractivity contribution < 1.29 is 35.1 Å². The molecule has 0 unspecified atom stereocenters. The number of likely N-dealkylation sites (tertiary alicyclic amines) is 4. The summed E-state index contributed by atoms with van der Waals surface area (Å²) in [5.74, 6) is -3.36. The SMILES string of the molecule is C[C@@H]1[C@@H](c2cc3c(Nc4c(F)cc5scnc5c4F)ccnc3s2)CCCN1C.C[C@@H]1[C@H](c2cc3c(Nc4c(F)cc5scnc5c4F)ccnc3s2)CCCN1C.C[C@H]1[C@@H](c2cc3c(Nc4c(F)cc5scnc5c4F)ccnc3s2)CCCN1C.C[C@H]1[C@H](c2cc3c(Nc4c(F)cc5scnc5c4F)ccnc3s2)CCCN1C. The maximum Gasteiger partial charge on any atom is 0.176 e. The van der Waals surface area contributed by atoms with Gasteiger partial charge in [0.1, 0.15) is 64.1 Å². The molecule has 0 spiro atoms. The molecule has 20 rings (SSSR count). The van der Waals surface area contributed by atoms with E-state index >= 15 is 0 Å². The summed E-state index contributed by atoms with van der Waals surface area (Å²) in [5, 5.41) is 15.5. The van der Waals surface area contributed by atoms with E-state index in [1.165, 1.54) is 137 Å². The summed E-state index contributed by atoms with van der Waals surface area (Å²) in [4.78, 5) is 52.2. The molecule has 4 aromatic carbocycles. The number of fused-ring (bicyclic) bond motifs is 8. The average Bonchev–Trinajstić information content (AvgIpc) is 1.58. The van der Waals surface area contributed by atoms with Gasteiger partial charge in [-0.25, -0.2) is 75.0 Å². The second-order valence-electron chi connectivity index (χ2n) is 30.3. The molecule has 0 aliphatic carbocycles. The van der Waals surface area contributed by atoms with Crippen molar-refractivity contribution in [2.24, 2.45) is 0 Å². The second-order valence-corrected chi connectivity index (χ2v) is 38.1. The summed E-state index contributed by atoms with van der Waals surface area (Å²) in [6.45, 7) is 13.5. The van der Waals surface area contributed by atoms with Crippen LogP contribution >= 0.6 is 90.7 Å². The van der Waals surface area contributed by atoms with Gasteiger partial charge in [0.15, 0.2) is 46.5 Å². The van der Waals surface area contributed by atoms with E-state index in [4.69, 9.17) is 0 Å². The smallest absolute Gasteiger partial charge is 0.176 e. The zero-order chi connectivity index (χ0) is 80.5. The standard InChI is InChI=1S/4C21H20F2N4S2/c4*1-11-12(4-3-7-27(11)2)16-8-13-15(5-6-24-21(13)29-16)26-19-14(22)9-17-20(18(19)23)25-10-28-17/h4*5-6,8-12H,3-4,7H2,1-2H3,(H,24,26)/t2*11-,12+;2*11-,12-/m1010/s1. The van der Waals surface area contributed by atoms with E-state index in [1.54, 1.807) is 94.4 Å². The first kappa shape index (κ1) is 79.8. The third-order valence-electron chi connectivity index (χ3n) is 23.6. The van der Waals surface area contributed by atoms with E-state index in [1.807, 2.05) is 0 Å². The maximum absolute atomic E-state index is 14.9. The number of hydrogen-bond donors (Lipinski definition) is 4. The Morgan fingerprint density at radius 3 is 0.741 bits per heavy atom. The van der Waals surface area contributed by atoms with Crippen LogP contribution in [0.4, 0.5) is 80.6 Å². The van der Waals surface area contributed by atoms with Crippen molar-refractivity contribution in [3.63, 3.8) is 0 Å². The summed E-state index contributed by atoms with van der Waals surface area (Å²) in [7, 11) is 8.65. The lowest BCUT2D eigenvalue weighted by Crippen LogP contribution is -2.39. The summed E-state index contributed by atoms with van der Waals surface area (Å²) < 4.78 is 120. The van der Waals surface area contributed by atoms with Crippen LogP contribution in [0.5, 0.6) is 0 Å². The maximum atomic E-state index is 14.9. The average molecular weight is 1720 g/mol. The van der Waals surface area contributed by atoms with Crippen LogP contribution in [-0.4, -0.2) is 138 Å². The molecule has 32 heteroatoms. The zero-order valence-electron chi connectivity index (χ0n) is 64.3. The molecule has 16 nitrogen and oxygen atoms in total. The van der Waals surface area contributed by atoms with E-state index in [0.29, 0.717) is 89.4 Å². The molecule has 4 fully saturated rings. The van der Waals surface area contributed by atoms with Gasteiger partial charge in [-0.1, -0.05) is 0 Å². The number of nitrogens with one attached hydrogen (secondary N) is 4. The molecule has 0 bridgehead atoms. The molecule has 4 aliphatic heterocycles. The van der Waals surface area contributed by atoms with Gasteiger partial charge in [0.05, 0.1) is 63.6 Å². The molecule has 16 aromatic rings. The minimum Gasteiger partial charge on any atom is -0.350 e. The first-order chi connectivity index (χ1) is 56.1. The van der Waals surface area contributed by atoms with E-state index in [9.17, 15) is 35.1 Å². The van der Waals surface area contributed by atoms with Gasteiger partial charge in [0.25, 0.3) is 0 Å². The second kappa shape index (κ2) is 33.6. The van der Waals surface area contributed by atoms with Crippen molar-refractivity contribution in [3.8, 4) is 0 Å². The molecule has 16 heterocycles. The van der Waals surface area contributed by atoms with Gasteiger partial charge in [-0.05, 0) is 206 Å². The molecule has 8 atom stereocenters. The van der Waals surface area contributed by atoms with Crippen LogP contribution in [0.15, 0.2) is 120 Å². The van der Waals surface area contributed by atoms with Crippen LogP contribution in [0.2, 0.25) is 0 Å². The van der Waals surface area contributed by atoms with Crippen molar-refractivity contribution in [1.29, 1.82) is 0 Å². The van der Waals surface area contributed by atoms with Gasteiger partial charge in [-0.3, -0.25) is 0 Å². The van der Waals surface area contributed by atoms with E-state index in [-0.39, 0.29) is 44.8 Å². The number of rotatable bonds is 12. The summed E-state index contributed by atoms with van der Waals surface area (Å²) >= 11 is 11.6. The Balaban J connectivity index is 0.000000111. The summed E-state index contributed by atoms with van der Waals surface area (Å²) in [6.07, 6.45) is 16.0. The van der Waals surface area contributed by atoms with Crippen LogP contribution in [0.1, 0.15) is 122 Å². The van der Waals surface area contributed by atoms with Gasteiger partial charge in [0, 0.05) is 114 Å². The number of likely N-dealkylation sites (N-methyl/N-ethyl adjacent to an activating group) is 4. The number of piperidine rings is 4. The van der Waals surface area contributed by atoms with Crippen LogP contribution < -0.4 is 21.3 Å². The molecule has 12 aromatic heterocycles. The van der Waals surface area contributed by atoms with Crippen molar-refractivity contribution >= 4 is 218 Å². The molecular weight excluding hydrogens is 1640 g/mol. The van der Waals surface area contributed by atoms with Gasteiger partial charge < -0.3 is 40.9 Å². The quantitative estimate of drug-likeness (QED) is 0.0854. The van der Waals surface area contributed by atoms with Crippen LogP contribution in [0.25, 0.3) is 81.7 Å². The number of nitrogens with zero attached hydrogens (tertiary/aromatic N) is 12. The van der Waals surface area contributed by atoms with Crippen molar-refractivity contribution in [2.45, 2.75) is 127 Å². The lowest BCUT2D eigenvalue weighted by atomic mass is 9.89. The Labute approximate surface area is 695 Å². The van der Waals surface area contributed by atoms with Crippen molar-refractivity contribution in [2.75, 3.05) is 75.6 Å². The van der Waals surface area contributed by atoms with Gasteiger partial charge in [0.2, 0.25) is 0 Å². The third-order valence-corrected chi connectivity index (χ3v) is 31.4. The van der Waals surface area contributed by atoms with Crippen molar-refractivity contribution in [1.82, 2.24) is 59.5 Å². The highest BCUT2D eigenvalue weighted by Crippen LogP contribution is 2.48. The number of benzene rings is 4. The lowest BCUT2D eigenvalue weighted by Gasteiger charge is -2.36. The predicted molar refractivity (Wildman–Crippen MR) is 466 cm³/mol. The largest absolute Gasteiger partial charge is 0.350 e. The molecule has 0 amide bonds. The summed E-state index contributed by atoms with van der Waals surface area (Å²) in [6, 6.07) is 22.7. The van der Waals surface area contributed by atoms with Gasteiger partial charge >= 0.3 is 0 Å². The first-order valence-electron chi connectivity index (χ1n) is 38.4. The van der Waals surface area contributed by atoms with Crippen LogP contribution in [0, 0.1) is 46.5 Å². The molecular formula is C84H80F8N16S8. The Morgan fingerprint density at radius 1 is 0.310 bits per heavy atom. The molecule has 116 heavy (non-hydrogen) atoms. The molecule has 4 saturated heterocycles. The fourth-order valence-corrected chi connectivity index (χ4v) is 24.3. The van der Waals surface area contributed by atoms with Crippen molar-refractivity contribution in [3.05, 3.63) is 186 Å². The number of thiophene rings is 4.